The van der Waals surface area contributed by atoms with Crippen LogP contribution < -0.4 is 5.32 Å². The highest BCUT2D eigenvalue weighted by molar-refractivity contribution is 7.20. The number of hydrogen-bond donors (Lipinski definition) is 1. The van der Waals surface area contributed by atoms with E-state index in [1.165, 1.54) is 18.4 Å². The fourth-order valence-electron chi connectivity index (χ4n) is 2.53. The number of aromatic nitrogens is 2. The lowest BCUT2D eigenvalue weighted by Crippen LogP contribution is -2.34. The summed E-state index contributed by atoms with van der Waals surface area (Å²) in [7, 11) is 1.38. The lowest BCUT2D eigenvalue weighted by Gasteiger charge is -2.23. The second-order valence-electron chi connectivity index (χ2n) is 5.30. The van der Waals surface area contributed by atoms with Crippen molar-refractivity contribution in [1.29, 1.82) is 0 Å². The summed E-state index contributed by atoms with van der Waals surface area (Å²) in [5.41, 5.74) is 0.833. The van der Waals surface area contributed by atoms with E-state index in [2.05, 4.69) is 15.3 Å². The number of fused-ring (bicyclic) bond motifs is 1. The molecule has 0 unspecified atom stereocenters. The van der Waals surface area contributed by atoms with Crippen LogP contribution in [0.1, 0.15) is 21.1 Å². The van der Waals surface area contributed by atoms with E-state index in [4.69, 9.17) is 14.2 Å². The highest BCUT2D eigenvalue weighted by atomic mass is 32.1. The number of carbonyl (C=O) groups excluding carboxylic acids is 1. The van der Waals surface area contributed by atoms with E-state index in [9.17, 15) is 4.79 Å². The van der Waals surface area contributed by atoms with Crippen LogP contribution in [-0.2, 0) is 14.2 Å². The van der Waals surface area contributed by atoms with Crippen LogP contribution in [0.5, 0.6) is 0 Å². The van der Waals surface area contributed by atoms with Crippen LogP contribution in [0.15, 0.2) is 0 Å². The van der Waals surface area contributed by atoms with Gasteiger partial charge in [-0.25, -0.2) is 14.8 Å². The fraction of sp³-hybridized carbons (Fsp3) is 0.533. The number of ether oxygens (including phenoxy) is 3. The summed E-state index contributed by atoms with van der Waals surface area (Å²) in [4.78, 5) is 22.1. The first-order valence-electron chi connectivity index (χ1n) is 7.39. The largest absolute Gasteiger partial charge is 0.465 e. The molecule has 0 aliphatic carbocycles. The molecule has 124 valence electrons. The van der Waals surface area contributed by atoms with Gasteiger partial charge in [0.1, 0.15) is 21.3 Å². The number of nitrogens with zero attached hydrogens (tertiary/aromatic N) is 2. The minimum atomic E-state index is -0.349. The fourth-order valence-corrected chi connectivity index (χ4v) is 3.67. The molecule has 23 heavy (non-hydrogen) atoms. The monoisotopic (exact) mass is 337 g/mol. The average Bonchev–Trinajstić information content (AvgIpc) is 2.89. The molecule has 7 nitrogen and oxygen atoms in total. The number of nitrogens with one attached hydrogen (secondary N) is 1. The summed E-state index contributed by atoms with van der Waals surface area (Å²) in [6, 6.07) is 0. The zero-order valence-corrected chi connectivity index (χ0v) is 14.2. The summed E-state index contributed by atoms with van der Waals surface area (Å²) in [6.07, 6.45) is -0.00640. The molecular weight excluding hydrogens is 318 g/mol. The van der Waals surface area contributed by atoms with Crippen LogP contribution in [0.25, 0.3) is 10.2 Å². The number of thiophene rings is 1. The maximum Gasteiger partial charge on any atom is 0.348 e. The minimum absolute atomic E-state index is 0.00640. The zero-order chi connectivity index (χ0) is 16.4. The standard InChI is InChI=1S/C15H19N3O4S/c1-8-11-13(16-6-10-7-21-4-5-22-10)17-9(2)18-14(11)23-12(8)15(19)20-3/h10H,4-7H2,1-3H3,(H,16,17,18)/t10-/m0/s1. The van der Waals surface area contributed by atoms with Crippen molar-refractivity contribution in [3.05, 3.63) is 16.3 Å². The lowest BCUT2D eigenvalue weighted by atomic mass is 10.2. The van der Waals surface area contributed by atoms with Crippen molar-refractivity contribution in [3.8, 4) is 0 Å². The molecular formula is C15H19N3O4S. The summed E-state index contributed by atoms with van der Waals surface area (Å²) in [5.74, 6) is 1.02. The van der Waals surface area contributed by atoms with Gasteiger partial charge in [0.05, 0.1) is 38.4 Å². The topological polar surface area (TPSA) is 82.6 Å². The van der Waals surface area contributed by atoms with Crippen molar-refractivity contribution in [3.63, 3.8) is 0 Å². The van der Waals surface area contributed by atoms with Crippen LogP contribution in [0, 0.1) is 13.8 Å². The first-order chi connectivity index (χ1) is 11.1. The summed E-state index contributed by atoms with van der Waals surface area (Å²) in [6.45, 7) is 6.12. The second-order valence-corrected chi connectivity index (χ2v) is 6.30. The van der Waals surface area contributed by atoms with Gasteiger partial charge in [0.25, 0.3) is 0 Å². The van der Waals surface area contributed by atoms with Crippen molar-refractivity contribution in [1.82, 2.24) is 9.97 Å². The molecule has 2 aromatic heterocycles. The Morgan fingerprint density at radius 1 is 1.39 bits per heavy atom. The van der Waals surface area contributed by atoms with Crippen LogP contribution in [0.4, 0.5) is 5.82 Å². The minimum Gasteiger partial charge on any atom is -0.465 e. The van der Waals surface area contributed by atoms with Crippen molar-refractivity contribution in [2.45, 2.75) is 20.0 Å². The molecule has 1 fully saturated rings. The number of anilines is 1. The van der Waals surface area contributed by atoms with Gasteiger partial charge in [0.15, 0.2) is 0 Å². The zero-order valence-electron chi connectivity index (χ0n) is 13.3. The van der Waals surface area contributed by atoms with Gasteiger partial charge in [-0.3, -0.25) is 0 Å². The molecule has 3 heterocycles. The molecule has 0 aromatic carbocycles. The molecule has 3 rings (SSSR count). The Balaban J connectivity index is 1.91. The molecule has 1 atom stereocenters. The Morgan fingerprint density at radius 2 is 2.22 bits per heavy atom. The predicted molar refractivity (Wildman–Crippen MR) is 87.3 cm³/mol. The summed E-state index contributed by atoms with van der Waals surface area (Å²) in [5, 5.41) is 4.17. The van der Waals surface area contributed by atoms with Crippen LogP contribution in [-0.4, -0.2) is 55.5 Å². The van der Waals surface area contributed by atoms with Gasteiger partial charge in [0, 0.05) is 6.54 Å². The quantitative estimate of drug-likeness (QED) is 0.854. The number of esters is 1. The molecule has 0 radical (unpaired) electrons. The summed E-state index contributed by atoms with van der Waals surface area (Å²) < 4.78 is 15.9. The third-order valence-corrected chi connectivity index (χ3v) is 4.82. The van der Waals surface area contributed by atoms with Crippen molar-refractivity contribution >= 4 is 33.3 Å². The second kappa shape index (κ2) is 6.77. The van der Waals surface area contributed by atoms with Gasteiger partial charge in [-0.1, -0.05) is 0 Å². The van der Waals surface area contributed by atoms with Crippen molar-refractivity contribution in [2.75, 3.05) is 38.8 Å². The van der Waals surface area contributed by atoms with E-state index < -0.39 is 0 Å². The van der Waals surface area contributed by atoms with Crippen LogP contribution in [0.3, 0.4) is 0 Å². The lowest BCUT2D eigenvalue weighted by molar-refractivity contribution is -0.0819. The van der Waals surface area contributed by atoms with Gasteiger partial charge >= 0.3 is 5.97 Å². The normalized spacial score (nSPS) is 18.1. The third kappa shape index (κ3) is 3.29. The first-order valence-corrected chi connectivity index (χ1v) is 8.21. The summed E-state index contributed by atoms with van der Waals surface area (Å²) >= 11 is 1.32. The van der Waals surface area contributed by atoms with Gasteiger partial charge in [-0.2, -0.15) is 0 Å². The Labute approximate surface area is 138 Å². The molecule has 1 saturated heterocycles. The SMILES string of the molecule is COC(=O)c1sc2nc(C)nc(NC[C@H]3COCCO3)c2c1C. The number of aryl methyl sites for hydroxylation is 2. The molecule has 2 aromatic rings. The maximum atomic E-state index is 11.9. The maximum absolute atomic E-state index is 11.9. The number of hydrogen-bond acceptors (Lipinski definition) is 8. The number of methoxy groups -OCH3 is 1. The smallest absolute Gasteiger partial charge is 0.348 e. The average molecular weight is 337 g/mol. The number of rotatable bonds is 4. The van der Waals surface area contributed by atoms with Crippen LogP contribution >= 0.6 is 11.3 Å². The Bertz CT molecular complexity index is 725. The molecule has 1 N–H and O–H groups in total. The van der Waals surface area contributed by atoms with E-state index in [-0.39, 0.29) is 12.1 Å². The van der Waals surface area contributed by atoms with E-state index in [0.29, 0.717) is 42.9 Å². The van der Waals surface area contributed by atoms with Crippen LogP contribution in [0.2, 0.25) is 0 Å². The molecule has 0 saturated carbocycles. The Kier molecular flexibility index (Phi) is 4.74. The molecule has 0 amide bonds. The first kappa shape index (κ1) is 16.1. The number of carbonyl (C=O) groups is 1. The Hall–Kier alpha value is -1.77. The van der Waals surface area contributed by atoms with Crippen molar-refractivity contribution in [2.24, 2.45) is 0 Å². The van der Waals surface area contributed by atoms with Gasteiger partial charge in [0.2, 0.25) is 0 Å². The molecule has 0 spiro atoms. The van der Waals surface area contributed by atoms with Gasteiger partial charge in [-0.05, 0) is 19.4 Å². The Morgan fingerprint density at radius 3 is 2.91 bits per heavy atom. The molecule has 1 aliphatic rings. The van der Waals surface area contributed by atoms with E-state index >= 15 is 0 Å². The molecule has 8 heteroatoms. The predicted octanol–water partition coefficient (Wildman–Crippen LogP) is 1.92. The highest BCUT2D eigenvalue weighted by Crippen LogP contribution is 2.34. The molecule has 0 bridgehead atoms. The third-order valence-electron chi connectivity index (χ3n) is 3.65. The molecule has 1 aliphatic heterocycles. The van der Waals surface area contributed by atoms with E-state index in [0.717, 1.165) is 15.8 Å². The van der Waals surface area contributed by atoms with E-state index in [1.807, 2.05) is 13.8 Å². The van der Waals surface area contributed by atoms with Gasteiger partial charge < -0.3 is 19.5 Å². The van der Waals surface area contributed by atoms with Gasteiger partial charge in [-0.15, -0.1) is 11.3 Å². The van der Waals surface area contributed by atoms with E-state index in [1.54, 1.807) is 0 Å². The van der Waals surface area contributed by atoms with Crippen molar-refractivity contribution < 1.29 is 19.0 Å². The highest BCUT2D eigenvalue weighted by Gasteiger charge is 2.21.